The van der Waals surface area contributed by atoms with Crippen molar-refractivity contribution in [2.24, 2.45) is 5.41 Å². The number of anilines is 1. The van der Waals surface area contributed by atoms with Gasteiger partial charge in [0.25, 0.3) is 0 Å². The van der Waals surface area contributed by atoms with Gasteiger partial charge in [-0.3, -0.25) is 14.5 Å². The van der Waals surface area contributed by atoms with Crippen molar-refractivity contribution in [2.45, 2.75) is 12.8 Å². The maximum absolute atomic E-state index is 13.1. The first kappa shape index (κ1) is 20.4. The summed E-state index contributed by atoms with van der Waals surface area (Å²) in [6.45, 7) is 7.34. The van der Waals surface area contributed by atoms with Crippen LogP contribution in [-0.4, -0.2) is 92.1 Å². The molecule has 3 fully saturated rings. The van der Waals surface area contributed by atoms with Gasteiger partial charge in [0.1, 0.15) is 0 Å². The van der Waals surface area contributed by atoms with Crippen molar-refractivity contribution in [2.75, 3.05) is 70.9 Å². The molecule has 3 saturated heterocycles. The molecule has 158 valence electrons. The van der Waals surface area contributed by atoms with Gasteiger partial charge in [-0.1, -0.05) is 11.6 Å². The predicted octanol–water partition coefficient (Wildman–Crippen LogP) is 1.54. The zero-order valence-corrected chi connectivity index (χ0v) is 17.5. The summed E-state index contributed by atoms with van der Waals surface area (Å²) in [5.41, 5.74) is 0.490. The molecule has 29 heavy (non-hydrogen) atoms. The second-order valence-corrected chi connectivity index (χ2v) is 8.64. The summed E-state index contributed by atoms with van der Waals surface area (Å²) in [6, 6.07) is 7.30. The number of halogens is 1. The Morgan fingerprint density at radius 1 is 1.07 bits per heavy atom. The summed E-state index contributed by atoms with van der Waals surface area (Å²) in [4.78, 5) is 31.9. The van der Waals surface area contributed by atoms with Crippen molar-refractivity contribution >= 4 is 29.1 Å². The summed E-state index contributed by atoms with van der Waals surface area (Å²) >= 11 is 5.89. The van der Waals surface area contributed by atoms with Crippen molar-refractivity contribution in [3.05, 3.63) is 29.3 Å². The molecule has 0 saturated carbocycles. The third kappa shape index (κ3) is 4.68. The number of hydrogen-bond acceptors (Lipinski definition) is 5. The van der Waals surface area contributed by atoms with Crippen LogP contribution in [0.2, 0.25) is 5.02 Å². The molecule has 4 rings (SSSR count). The van der Waals surface area contributed by atoms with Crippen LogP contribution < -0.4 is 5.32 Å². The monoisotopic (exact) mass is 420 g/mol. The van der Waals surface area contributed by atoms with Crippen molar-refractivity contribution in [3.8, 4) is 0 Å². The van der Waals surface area contributed by atoms with Crippen LogP contribution in [0.5, 0.6) is 0 Å². The lowest BCUT2D eigenvalue weighted by Crippen LogP contribution is -2.44. The minimum atomic E-state index is -0.374. The Kier molecular flexibility index (Phi) is 6.27. The van der Waals surface area contributed by atoms with E-state index in [9.17, 15) is 9.59 Å². The van der Waals surface area contributed by atoms with Gasteiger partial charge in [-0.2, -0.15) is 0 Å². The Morgan fingerprint density at radius 3 is 2.55 bits per heavy atom. The highest BCUT2D eigenvalue weighted by atomic mass is 35.5. The van der Waals surface area contributed by atoms with Crippen molar-refractivity contribution in [3.63, 3.8) is 0 Å². The number of benzene rings is 1. The average Bonchev–Trinajstić information content (AvgIpc) is 3.32. The van der Waals surface area contributed by atoms with Crippen molar-refractivity contribution in [1.82, 2.24) is 14.7 Å². The Labute approximate surface area is 176 Å². The lowest BCUT2D eigenvalue weighted by molar-refractivity contribution is -0.136. The molecule has 3 heterocycles. The topological polar surface area (TPSA) is 65.1 Å². The van der Waals surface area contributed by atoms with Crippen LogP contribution >= 0.6 is 11.6 Å². The number of carbonyl (C=O) groups excluding carboxylic acids is 2. The molecule has 1 aromatic rings. The molecule has 3 aliphatic heterocycles. The number of hydrogen-bond donors (Lipinski definition) is 1. The fourth-order valence-corrected chi connectivity index (χ4v) is 4.64. The molecule has 1 spiro atoms. The second-order valence-electron chi connectivity index (χ2n) is 8.20. The number of ether oxygens (including phenoxy) is 1. The zero-order chi connectivity index (χ0) is 20.3. The van der Waals surface area contributed by atoms with E-state index in [1.807, 2.05) is 21.9 Å². The van der Waals surface area contributed by atoms with E-state index in [2.05, 4.69) is 10.2 Å². The van der Waals surface area contributed by atoms with Crippen LogP contribution in [0.3, 0.4) is 0 Å². The summed E-state index contributed by atoms with van der Waals surface area (Å²) in [5.74, 6) is 0.267. The van der Waals surface area contributed by atoms with E-state index >= 15 is 0 Å². The Morgan fingerprint density at radius 2 is 1.79 bits per heavy atom. The smallest absolute Gasteiger partial charge is 0.241 e. The lowest BCUT2D eigenvalue weighted by Gasteiger charge is -2.29. The lowest BCUT2D eigenvalue weighted by atomic mass is 9.85. The number of rotatable bonds is 6. The fraction of sp³-hybridized carbons (Fsp3) is 0.619. The number of amides is 2. The quantitative estimate of drug-likeness (QED) is 0.756. The van der Waals surface area contributed by atoms with Crippen LogP contribution in [0.25, 0.3) is 0 Å². The van der Waals surface area contributed by atoms with E-state index in [1.54, 1.807) is 12.1 Å². The minimum absolute atomic E-state index is 0.0383. The first-order chi connectivity index (χ1) is 14.1. The van der Waals surface area contributed by atoms with Crippen molar-refractivity contribution < 1.29 is 14.3 Å². The minimum Gasteiger partial charge on any atom is -0.379 e. The number of nitrogens with one attached hydrogen (secondary N) is 1. The Bertz CT molecular complexity index is 738. The van der Waals surface area contributed by atoms with Gasteiger partial charge in [0, 0.05) is 56.5 Å². The van der Waals surface area contributed by atoms with Crippen LogP contribution in [0.1, 0.15) is 12.8 Å². The van der Waals surface area contributed by atoms with Gasteiger partial charge in [0.2, 0.25) is 11.8 Å². The molecular formula is C21H29ClN4O3. The van der Waals surface area contributed by atoms with Gasteiger partial charge in [0.05, 0.1) is 25.2 Å². The van der Waals surface area contributed by atoms with Crippen LogP contribution in [-0.2, 0) is 14.3 Å². The van der Waals surface area contributed by atoms with Crippen molar-refractivity contribution in [1.29, 1.82) is 0 Å². The van der Waals surface area contributed by atoms with E-state index in [1.165, 1.54) is 0 Å². The normalized spacial score (nSPS) is 25.2. The first-order valence-corrected chi connectivity index (χ1v) is 10.8. The third-order valence-electron chi connectivity index (χ3n) is 6.39. The summed E-state index contributed by atoms with van der Waals surface area (Å²) in [5, 5.41) is 3.81. The van der Waals surface area contributed by atoms with Crippen LogP contribution in [0, 0.1) is 5.41 Å². The molecule has 0 bridgehead atoms. The van der Waals surface area contributed by atoms with E-state index in [-0.39, 0.29) is 23.8 Å². The fourth-order valence-electron chi connectivity index (χ4n) is 4.51. The maximum atomic E-state index is 13.1. The molecule has 8 heteroatoms. The third-order valence-corrected chi connectivity index (χ3v) is 6.64. The van der Waals surface area contributed by atoms with Crippen LogP contribution in [0.15, 0.2) is 24.3 Å². The van der Waals surface area contributed by atoms with Gasteiger partial charge >= 0.3 is 0 Å². The SMILES string of the molecule is O=C(CNc1ccc(Cl)cc1)N1CCC2(CCN(CCN3CCOCC3)C2=O)C1. The van der Waals surface area contributed by atoms with E-state index < -0.39 is 0 Å². The number of nitrogens with zero attached hydrogens (tertiary/aromatic N) is 3. The molecule has 0 aliphatic carbocycles. The van der Waals surface area contributed by atoms with Gasteiger partial charge in [-0.15, -0.1) is 0 Å². The average molecular weight is 421 g/mol. The largest absolute Gasteiger partial charge is 0.379 e. The molecule has 7 nitrogen and oxygen atoms in total. The highest BCUT2D eigenvalue weighted by Gasteiger charge is 2.51. The number of carbonyl (C=O) groups is 2. The molecule has 1 N–H and O–H groups in total. The standard InChI is InChI=1S/C21H29ClN4O3/c22-17-1-3-18(4-2-17)23-15-19(27)26-8-6-21(16-26)5-7-25(20(21)28)10-9-24-11-13-29-14-12-24/h1-4,23H,5-16H2. The van der Waals surface area contributed by atoms with Gasteiger partial charge in [-0.05, 0) is 37.1 Å². The second kappa shape index (κ2) is 8.90. The summed E-state index contributed by atoms with van der Waals surface area (Å²) in [6.07, 6.45) is 1.62. The molecule has 1 unspecified atom stereocenters. The van der Waals surface area contributed by atoms with E-state index in [4.69, 9.17) is 16.3 Å². The van der Waals surface area contributed by atoms with Gasteiger partial charge < -0.3 is 19.9 Å². The molecule has 0 aromatic heterocycles. The zero-order valence-electron chi connectivity index (χ0n) is 16.7. The van der Waals surface area contributed by atoms with Gasteiger partial charge in [-0.25, -0.2) is 0 Å². The van der Waals surface area contributed by atoms with E-state index in [0.29, 0.717) is 18.1 Å². The molecule has 0 radical (unpaired) electrons. The molecule has 1 aromatic carbocycles. The highest BCUT2D eigenvalue weighted by molar-refractivity contribution is 6.30. The van der Waals surface area contributed by atoms with Crippen LogP contribution in [0.4, 0.5) is 5.69 Å². The molecule has 1 atom stereocenters. The number of morpholine rings is 1. The predicted molar refractivity (Wildman–Crippen MR) is 112 cm³/mol. The first-order valence-electron chi connectivity index (χ1n) is 10.4. The Hall–Kier alpha value is -1.83. The molecule has 3 aliphatic rings. The highest BCUT2D eigenvalue weighted by Crippen LogP contribution is 2.40. The summed E-state index contributed by atoms with van der Waals surface area (Å²) in [7, 11) is 0. The summed E-state index contributed by atoms with van der Waals surface area (Å²) < 4.78 is 5.39. The van der Waals surface area contributed by atoms with Gasteiger partial charge in [0.15, 0.2) is 0 Å². The molecule has 2 amide bonds. The number of likely N-dealkylation sites (tertiary alicyclic amines) is 2. The maximum Gasteiger partial charge on any atom is 0.241 e. The molecular weight excluding hydrogens is 392 g/mol. The van der Waals surface area contributed by atoms with E-state index in [0.717, 1.165) is 64.5 Å². The Balaban J connectivity index is 1.26.